The Bertz CT molecular complexity index is 822. The average molecular weight is 394 g/mol. The lowest BCUT2D eigenvalue weighted by Crippen LogP contribution is -2.39. The Kier molecular flexibility index (Phi) is 4.84. The second-order valence-electron chi connectivity index (χ2n) is 7.96. The van der Waals surface area contributed by atoms with E-state index in [-0.39, 0.29) is 17.6 Å². The summed E-state index contributed by atoms with van der Waals surface area (Å²) >= 11 is 0. The zero-order valence-electron chi connectivity index (χ0n) is 15.6. The maximum atomic E-state index is 12.5. The fraction of sp³-hybridized carbons (Fsp3) is 0.722. The minimum Gasteiger partial charge on any atom is -0.441 e. The monoisotopic (exact) mass is 394 g/mol. The van der Waals surface area contributed by atoms with Crippen LogP contribution in [0.2, 0.25) is 0 Å². The maximum absolute atomic E-state index is 12.5. The molecule has 3 fully saturated rings. The number of sulfonamides is 1. The molecule has 8 nitrogen and oxygen atoms in total. The summed E-state index contributed by atoms with van der Waals surface area (Å²) in [5.74, 6) is 0.486. The third kappa shape index (κ3) is 3.80. The summed E-state index contributed by atoms with van der Waals surface area (Å²) in [4.78, 5) is 23.0. The molecular weight excluding hydrogens is 368 g/mol. The van der Waals surface area contributed by atoms with Crippen LogP contribution in [-0.4, -0.2) is 60.3 Å². The summed E-state index contributed by atoms with van der Waals surface area (Å²) < 4.78 is 31.0. The van der Waals surface area contributed by atoms with Gasteiger partial charge in [-0.05, 0) is 38.5 Å². The SMILES string of the molecule is CS(=O)(=O)N1CCC[C@H](c2cncc(N3CC4(CCCCC4)OC3=O)n2)C1. The van der Waals surface area contributed by atoms with E-state index in [1.165, 1.54) is 17.0 Å². The molecule has 2 aliphatic heterocycles. The largest absolute Gasteiger partial charge is 0.441 e. The Balaban J connectivity index is 1.53. The molecule has 1 spiro atoms. The number of rotatable bonds is 3. The fourth-order valence-corrected chi connectivity index (χ4v) is 5.35. The Morgan fingerprint density at radius 2 is 1.96 bits per heavy atom. The summed E-state index contributed by atoms with van der Waals surface area (Å²) in [7, 11) is -3.22. The zero-order valence-corrected chi connectivity index (χ0v) is 16.4. The van der Waals surface area contributed by atoms with Gasteiger partial charge in [0.05, 0.1) is 24.7 Å². The van der Waals surface area contributed by atoms with Crippen molar-refractivity contribution in [3.63, 3.8) is 0 Å². The van der Waals surface area contributed by atoms with Crippen LogP contribution in [0.15, 0.2) is 12.4 Å². The quantitative estimate of drug-likeness (QED) is 0.781. The van der Waals surface area contributed by atoms with Crippen molar-refractivity contribution in [2.45, 2.75) is 56.5 Å². The highest BCUT2D eigenvalue weighted by Crippen LogP contribution is 2.38. The smallest absolute Gasteiger partial charge is 0.416 e. The van der Waals surface area contributed by atoms with Crippen LogP contribution < -0.4 is 4.90 Å². The minimum absolute atomic E-state index is 0.0109. The lowest BCUT2D eigenvalue weighted by Gasteiger charge is -2.31. The van der Waals surface area contributed by atoms with Gasteiger partial charge in [0.15, 0.2) is 5.82 Å². The van der Waals surface area contributed by atoms with Gasteiger partial charge in [-0.1, -0.05) is 6.42 Å². The van der Waals surface area contributed by atoms with Crippen molar-refractivity contribution >= 4 is 21.9 Å². The molecule has 0 aromatic carbocycles. The summed E-state index contributed by atoms with van der Waals surface area (Å²) in [5, 5.41) is 0. The number of carbonyl (C=O) groups excluding carboxylic acids is 1. The van der Waals surface area contributed by atoms with Crippen molar-refractivity contribution in [1.29, 1.82) is 0 Å². The van der Waals surface area contributed by atoms with Crippen LogP contribution in [0.25, 0.3) is 0 Å². The van der Waals surface area contributed by atoms with Gasteiger partial charge in [0.2, 0.25) is 10.0 Å². The molecule has 0 bridgehead atoms. The number of piperidine rings is 1. The second kappa shape index (κ2) is 7.01. The van der Waals surface area contributed by atoms with E-state index in [4.69, 9.17) is 4.74 Å². The minimum atomic E-state index is -3.22. The van der Waals surface area contributed by atoms with Gasteiger partial charge in [-0.15, -0.1) is 0 Å². The Labute approximate surface area is 160 Å². The highest BCUT2D eigenvalue weighted by atomic mass is 32.2. The molecule has 3 aliphatic rings. The number of anilines is 1. The average Bonchev–Trinajstić information content (AvgIpc) is 2.97. The van der Waals surface area contributed by atoms with Crippen LogP contribution in [0.5, 0.6) is 0 Å². The van der Waals surface area contributed by atoms with Crippen molar-refractivity contribution in [2.75, 3.05) is 30.8 Å². The van der Waals surface area contributed by atoms with E-state index in [1.807, 2.05) is 0 Å². The molecule has 0 N–H and O–H groups in total. The van der Waals surface area contributed by atoms with Gasteiger partial charge >= 0.3 is 6.09 Å². The summed E-state index contributed by atoms with van der Waals surface area (Å²) in [5.41, 5.74) is 0.351. The predicted molar refractivity (Wildman–Crippen MR) is 100 cm³/mol. The van der Waals surface area contributed by atoms with Crippen LogP contribution >= 0.6 is 0 Å². The molecule has 1 aromatic rings. The summed E-state index contributed by atoms with van der Waals surface area (Å²) in [6.45, 7) is 1.47. The highest BCUT2D eigenvalue weighted by Gasteiger charge is 2.46. The number of aromatic nitrogens is 2. The molecule has 4 rings (SSSR count). The van der Waals surface area contributed by atoms with E-state index >= 15 is 0 Å². The normalized spacial score (nSPS) is 26.3. The number of hydrogen-bond acceptors (Lipinski definition) is 6. The first-order valence-electron chi connectivity index (χ1n) is 9.64. The first-order chi connectivity index (χ1) is 12.9. The molecule has 9 heteroatoms. The third-order valence-electron chi connectivity index (χ3n) is 5.92. The number of amides is 1. The van der Waals surface area contributed by atoms with Gasteiger partial charge < -0.3 is 4.74 Å². The van der Waals surface area contributed by atoms with E-state index in [1.54, 1.807) is 17.3 Å². The first-order valence-corrected chi connectivity index (χ1v) is 11.5. The molecule has 0 radical (unpaired) electrons. The third-order valence-corrected chi connectivity index (χ3v) is 7.19. The Morgan fingerprint density at radius 1 is 1.19 bits per heavy atom. The van der Waals surface area contributed by atoms with Gasteiger partial charge in [-0.3, -0.25) is 9.88 Å². The zero-order chi connectivity index (χ0) is 19.1. The lowest BCUT2D eigenvalue weighted by atomic mass is 9.85. The van der Waals surface area contributed by atoms with E-state index in [2.05, 4.69) is 9.97 Å². The lowest BCUT2D eigenvalue weighted by molar-refractivity contribution is 0.0260. The van der Waals surface area contributed by atoms with E-state index in [9.17, 15) is 13.2 Å². The molecule has 0 unspecified atom stereocenters. The van der Waals surface area contributed by atoms with E-state index in [0.29, 0.717) is 25.5 Å². The van der Waals surface area contributed by atoms with Gasteiger partial charge in [-0.25, -0.2) is 22.5 Å². The number of ether oxygens (including phenoxy) is 1. The van der Waals surface area contributed by atoms with Gasteiger partial charge in [-0.2, -0.15) is 0 Å². The van der Waals surface area contributed by atoms with Crippen molar-refractivity contribution in [3.05, 3.63) is 18.1 Å². The molecule has 1 saturated carbocycles. The molecule has 1 atom stereocenters. The number of carbonyl (C=O) groups is 1. The van der Waals surface area contributed by atoms with Gasteiger partial charge in [0, 0.05) is 25.2 Å². The molecule has 27 heavy (non-hydrogen) atoms. The molecule has 1 amide bonds. The van der Waals surface area contributed by atoms with Crippen molar-refractivity contribution in [3.8, 4) is 0 Å². The van der Waals surface area contributed by atoms with E-state index in [0.717, 1.165) is 44.2 Å². The molecule has 1 aromatic heterocycles. The second-order valence-corrected chi connectivity index (χ2v) is 9.94. The van der Waals surface area contributed by atoms with Crippen LogP contribution in [0.1, 0.15) is 56.6 Å². The number of nitrogens with zero attached hydrogens (tertiary/aromatic N) is 4. The molecule has 3 heterocycles. The van der Waals surface area contributed by atoms with Crippen LogP contribution in [0.3, 0.4) is 0 Å². The van der Waals surface area contributed by atoms with Crippen LogP contribution in [0.4, 0.5) is 10.6 Å². The topological polar surface area (TPSA) is 92.7 Å². The van der Waals surface area contributed by atoms with Crippen molar-refractivity contribution in [2.24, 2.45) is 0 Å². The highest BCUT2D eigenvalue weighted by molar-refractivity contribution is 7.88. The van der Waals surface area contributed by atoms with Crippen molar-refractivity contribution < 1.29 is 17.9 Å². The predicted octanol–water partition coefficient (Wildman–Crippen LogP) is 2.28. The Hall–Kier alpha value is -1.74. The molecular formula is C18H26N4O4S. The molecule has 148 valence electrons. The fourth-order valence-electron chi connectivity index (χ4n) is 4.44. The van der Waals surface area contributed by atoms with Crippen LogP contribution in [-0.2, 0) is 14.8 Å². The molecule has 1 aliphatic carbocycles. The Morgan fingerprint density at radius 3 is 2.70 bits per heavy atom. The first kappa shape index (κ1) is 18.6. The maximum Gasteiger partial charge on any atom is 0.416 e. The van der Waals surface area contributed by atoms with Gasteiger partial charge in [0.25, 0.3) is 0 Å². The van der Waals surface area contributed by atoms with Gasteiger partial charge in [0.1, 0.15) is 5.60 Å². The standard InChI is InChI=1S/C18H26N4O4S/c1-27(24,25)21-9-5-6-14(12-21)15-10-19-11-16(20-15)22-13-18(26-17(22)23)7-3-2-4-8-18/h10-11,14H,2-9,12-13H2,1H3/t14-/m0/s1. The summed E-state index contributed by atoms with van der Waals surface area (Å²) in [6, 6.07) is 0. The van der Waals surface area contributed by atoms with Crippen molar-refractivity contribution in [1.82, 2.24) is 14.3 Å². The molecule has 2 saturated heterocycles. The summed E-state index contributed by atoms with van der Waals surface area (Å²) in [6.07, 6.45) is 10.9. The van der Waals surface area contributed by atoms with E-state index < -0.39 is 10.0 Å². The van der Waals surface area contributed by atoms with Crippen LogP contribution in [0, 0.1) is 0 Å². The number of hydrogen-bond donors (Lipinski definition) is 0.